The average Bonchev–Trinajstić information content (AvgIpc) is 0.724. The minimum absolute atomic E-state index is 0. The summed E-state index contributed by atoms with van der Waals surface area (Å²) in [5.74, 6) is 2.01. The summed E-state index contributed by atoms with van der Waals surface area (Å²) in [5, 5.41) is 2.53. The van der Waals surface area contributed by atoms with Crippen LogP contribution in [0.5, 0.6) is 11.5 Å². The van der Waals surface area contributed by atoms with Crippen molar-refractivity contribution in [1.29, 1.82) is 0 Å². The largest absolute Gasteiger partial charge is 4.00 e. The van der Waals surface area contributed by atoms with Gasteiger partial charge in [0.2, 0.25) is 0 Å². The number of benzene rings is 10. The number of aryl methyl sites for hydroxylation is 4. The molecular weight excluding hydrogens is 1480 g/mol. The van der Waals surface area contributed by atoms with Gasteiger partial charge in [0.15, 0.2) is 0 Å². The van der Waals surface area contributed by atoms with Gasteiger partial charge in [0, 0.05) is 16.5 Å². The van der Waals surface area contributed by atoms with E-state index in [-0.39, 0.29) is 67.9 Å². The topological polar surface area (TPSA) is 37.4 Å². The van der Waals surface area contributed by atoms with Crippen molar-refractivity contribution in [3.05, 3.63) is 372 Å². The van der Waals surface area contributed by atoms with Crippen LogP contribution in [-0.4, -0.2) is 16.5 Å². The van der Waals surface area contributed by atoms with Gasteiger partial charge in [0.25, 0.3) is 0 Å². The first-order chi connectivity index (χ1) is 42.2. The van der Waals surface area contributed by atoms with Crippen LogP contribution in [0.4, 0.5) is 11.4 Å². The molecule has 0 spiro atoms. The van der Waals surface area contributed by atoms with Crippen LogP contribution in [0.15, 0.2) is 243 Å². The molecular formula is C85H100Hf2N2OSi2. The van der Waals surface area contributed by atoms with Crippen LogP contribution in [0.3, 0.4) is 0 Å². The van der Waals surface area contributed by atoms with Gasteiger partial charge < -0.3 is 14.7 Å². The first-order valence-electron chi connectivity index (χ1n) is 31.2. The van der Waals surface area contributed by atoms with Gasteiger partial charge in [-0.05, 0) is 76.5 Å². The molecule has 472 valence electrons. The van der Waals surface area contributed by atoms with Crippen molar-refractivity contribution in [3.63, 3.8) is 0 Å². The van der Waals surface area contributed by atoms with Gasteiger partial charge in [-0.1, -0.05) is 201 Å². The summed E-state index contributed by atoms with van der Waals surface area (Å²) in [7, 11) is -4.86. The summed E-state index contributed by atoms with van der Waals surface area (Å²) >= 11 is 0. The maximum Gasteiger partial charge on any atom is 4.00 e. The summed E-state index contributed by atoms with van der Waals surface area (Å²) < 4.78 is 7.40. The number of nitrogens with zero attached hydrogens (tertiary/aromatic N) is 2. The van der Waals surface area contributed by atoms with E-state index in [1.807, 2.05) is 182 Å². The summed E-state index contributed by atoms with van der Waals surface area (Å²) in [4.78, 5) is 11.1. The van der Waals surface area contributed by atoms with Gasteiger partial charge in [0.05, 0.1) is 0 Å². The van der Waals surface area contributed by atoms with Crippen LogP contribution in [-0.2, 0) is 67.9 Å². The number of rotatable bonds is 6. The Balaban J connectivity index is 0.000000394. The maximum atomic E-state index is 7.40. The number of hydrogen-bond acceptors (Lipinski definition) is 1. The van der Waals surface area contributed by atoms with Gasteiger partial charge in [-0.25, -0.2) is 0 Å². The SMILES string of the molecule is Cc1cc(C)cc([N-][Si](C)(C)c2cc(C(C)(C)C)cc3c2Oc2c(cc(C(C)(C)C)cc2[Si](C)(C)[N-]c2cc(C)cc(C)c2)C3(C)C)c1.[CH2-]c1ccccc1.[CH2-]c1ccccc1.[CH2-]c1ccccc1.[CH2-]c1ccccc1.[CH2-]c1ccccc1.[CH2-]c1ccccc1.[Hf+4].[Hf+4]. The fourth-order valence-electron chi connectivity index (χ4n) is 10.1. The third kappa shape index (κ3) is 25.8. The van der Waals surface area contributed by atoms with E-state index in [4.69, 9.17) is 14.7 Å². The second-order valence-electron chi connectivity index (χ2n) is 27.0. The molecule has 92 heavy (non-hydrogen) atoms. The Bertz CT molecular complexity index is 3300. The molecule has 0 unspecified atom stereocenters. The molecule has 0 saturated carbocycles. The van der Waals surface area contributed by atoms with E-state index >= 15 is 0 Å². The van der Waals surface area contributed by atoms with Gasteiger partial charge in [-0.3, -0.25) is 0 Å². The Kier molecular flexibility index (Phi) is 31.4. The molecule has 10 aromatic rings. The fourth-order valence-corrected chi connectivity index (χ4v) is 14.4. The Morgan fingerprint density at radius 2 is 0.533 bits per heavy atom. The zero-order chi connectivity index (χ0) is 66.5. The first kappa shape index (κ1) is 79.2. The van der Waals surface area contributed by atoms with Gasteiger partial charge in [-0.15, -0.1) is 84.2 Å². The minimum Gasteiger partial charge on any atom is -0.683 e. The second kappa shape index (κ2) is 36.4. The first-order valence-corrected chi connectivity index (χ1v) is 37.1. The number of ether oxygens (including phenoxy) is 1. The molecule has 10 aromatic carbocycles. The monoisotopic (exact) mass is 1580 g/mol. The van der Waals surface area contributed by atoms with Crippen LogP contribution in [0.2, 0.25) is 26.2 Å². The molecule has 1 heterocycles. The Morgan fingerprint density at radius 3 is 0.707 bits per heavy atom. The Hall–Kier alpha value is -7.01. The molecule has 1 aliphatic heterocycles. The molecule has 0 amide bonds. The fraction of sp³-hybridized carbons (Fsp3) is 0.224. The third-order valence-corrected chi connectivity index (χ3v) is 20.1. The molecule has 7 heteroatoms. The van der Waals surface area contributed by atoms with Crippen molar-refractivity contribution in [2.45, 2.75) is 126 Å². The molecule has 0 aliphatic carbocycles. The van der Waals surface area contributed by atoms with E-state index in [2.05, 4.69) is 211 Å². The van der Waals surface area contributed by atoms with Gasteiger partial charge in [0.1, 0.15) is 11.5 Å². The van der Waals surface area contributed by atoms with E-state index in [1.165, 1.54) is 54.9 Å². The summed E-state index contributed by atoms with van der Waals surface area (Å²) in [6, 6.07) is 82.3. The predicted octanol–water partition coefficient (Wildman–Crippen LogP) is 23.4. The van der Waals surface area contributed by atoms with Crippen molar-refractivity contribution in [2.75, 3.05) is 0 Å². The van der Waals surface area contributed by atoms with E-state index in [0.29, 0.717) is 0 Å². The van der Waals surface area contributed by atoms with Crippen molar-refractivity contribution in [1.82, 2.24) is 0 Å². The molecule has 1 aliphatic rings. The predicted molar refractivity (Wildman–Crippen MR) is 400 cm³/mol. The zero-order valence-corrected chi connectivity index (χ0v) is 67.3. The molecule has 11 rings (SSSR count). The van der Waals surface area contributed by atoms with Crippen molar-refractivity contribution >= 4 is 38.2 Å². The molecule has 0 bridgehead atoms. The molecule has 0 N–H and O–H groups in total. The molecule has 0 radical (unpaired) electrons. The minimum atomic E-state index is -2.43. The van der Waals surface area contributed by atoms with Gasteiger partial charge >= 0.3 is 51.7 Å². The second-order valence-corrected chi connectivity index (χ2v) is 34.7. The quantitative estimate of drug-likeness (QED) is 0.121. The standard InChI is InChI=1S/C43H58N2OSi2.6C7H7.2Hf/c1-27-17-28(2)20-33(19-27)44-47(13,14)37-25-31(41(5,6)7)23-35-39(37)46-40-36(43(35,11)12)24-32(42(8,9)10)26-38(40)48(15,16)45-34-21-29(3)18-30(4)22-34;6*1-7-5-3-2-4-6-7;;/h17-26H,1-16H3;6*2-6H,1H2;;/q-2;6*-1;2*+4. The Morgan fingerprint density at radius 1 is 0.326 bits per heavy atom. The van der Waals surface area contributed by atoms with Crippen LogP contribution in [0.25, 0.3) is 9.96 Å². The van der Waals surface area contributed by atoms with E-state index in [9.17, 15) is 0 Å². The maximum absolute atomic E-state index is 7.40. The van der Waals surface area contributed by atoms with Crippen molar-refractivity contribution in [3.8, 4) is 11.5 Å². The van der Waals surface area contributed by atoms with Crippen LogP contribution < -0.4 is 15.1 Å². The summed E-state index contributed by atoms with van der Waals surface area (Å²) in [5.41, 5.74) is 18.4. The zero-order valence-electron chi connectivity index (χ0n) is 58.1. The molecule has 0 atom stereocenters. The molecule has 3 nitrogen and oxygen atoms in total. The third-order valence-electron chi connectivity index (χ3n) is 15.1. The van der Waals surface area contributed by atoms with Crippen LogP contribution in [0.1, 0.15) is 133 Å². The number of hydrogen-bond donors (Lipinski definition) is 0. The van der Waals surface area contributed by atoms with Crippen molar-refractivity contribution < 1.29 is 56.4 Å². The van der Waals surface area contributed by atoms with Gasteiger partial charge in [-0.2, -0.15) is 148 Å². The summed E-state index contributed by atoms with van der Waals surface area (Å²) in [6.45, 7) is 59.1. The van der Waals surface area contributed by atoms with E-state index < -0.39 is 16.5 Å². The van der Waals surface area contributed by atoms with Crippen molar-refractivity contribution in [2.24, 2.45) is 0 Å². The average molecular weight is 1580 g/mol. The molecule has 0 aromatic heterocycles. The van der Waals surface area contributed by atoms with E-state index in [0.717, 1.165) is 56.3 Å². The summed E-state index contributed by atoms with van der Waals surface area (Å²) in [6.07, 6.45) is 0. The van der Waals surface area contributed by atoms with E-state index in [1.54, 1.807) is 0 Å². The normalized spacial score (nSPS) is 11.5. The number of fused-ring (bicyclic) bond motifs is 2. The smallest absolute Gasteiger partial charge is 0.683 e. The molecule has 0 fully saturated rings. The van der Waals surface area contributed by atoms with Crippen LogP contribution in [0, 0.1) is 69.2 Å². The molecule has 0 saturated heterocycles. The van der Waals surface area contributed by atoms with Crippen LogP contribution >= 0.6 is 0 Å². The Labute approximate surface area is 598 Å².